The van der Waals surface area contributed by atoms with Crippen molar-refractivity contribution in [2.75, 3.05) is 26.4 Å². The fourth-order valence-electron chi connectivity index (χ4n) is 2.51. The molecule has 1 heterocycles. The molecular weight excluding hydrogens is 262 g/mol. The Morgan fingerprint density at radius 1 is 1.45 bits per heavy atom. The Hall–Kier alpha value is -1.34. The van der Waals surface area contributed by atoms with Crippen LogP contribution in [0.2, 0.25) is 0 Å². The smallest absolute Gasteiger partial charge is 0.236 e. The van der Waals surface area contributed by atoms with Crippen LogP contribution < -0.4 is 5.73 Å². The quantitative estimate of drug-likeness (QED) is 0.279. The largest absolute Gasteiger partial charge is 0.409 e. The summed E-state index contributed by atoms with van der Waals surface area (Å²) in [5, 5.41) is 21.0. The highest BCUT2D eigenvalue weighted by Gasteiger charge is 2.47. The van der Waals surface area contributed by atoms with Crippen LogP contribution in [0.1, 0.15) is 33.1 Å². The summed E-state index contributed by atoms with van der Waals surface area (Å²) in [5.74, 6) is -0.208. The van der Waals surface area contributed by atoms with Crippen LogP contribution in [0, 0.1) is 5.41 Å². The van der Waals surface area contributed by atoms with Crippen LogP contribution in [0.4, 0.5) is 0 Å². The number of rotatable bonds is 6. The number of hydrogen-bond acceptors (Lipinski definition) is 5. The number of amidine groups is 1. The van der Waals surface area contributed by atoms with Crippen molar-refractivity contribution in [3.63, 3.8) is 0 Å². The van der Waals surface area contributed by atoms with Crippen molar-refractivity contribution in [2.45, 2.75) is 39.2 Å². The van der Waals surface area contributed by atoms with Crippen molar-refractivity contribution in [3.05, 3.63) is 0 Å². The van der Waals surface area contributed by atoms with Crippen LogP contribution in [-0.4, -0.2) is 59.4 Å². The third-order valence-corrected chi connectivity index (χ3v) is 3.80. The first-order chi connectivity index (χ1) is 9.49. The Labute approximate surface area is 119 Å². The second-order valence-electron chi connectivity index (χ2n) is 5.35. The molecule has 1 rings (SSSR count). The van der Waals surface area contributed by atoms with Gasteiger partial charge in [-0.2, -0.15) is 0 Å². The summed E-state index contributed by atoms with van der Waals surface area (Å²) in [6, 6.07) is -0.0136. The first-order valence-electron chi connectivity index (χ1n) is 6.97. The van der Waals surface area contributed by atoms with Gasteiger partial charge in [-0.25, -0.2) is 0 Å². The van der Waals surface area contributed by atoms with Crippen molar-refractivity contribution in [3.8, 4) is 0 Å². The predicted octanol–water partition coefficient (Wildman–Crippen LogP) is 0.149. The van der Waals surface area contributed by atoms with Crippen LogP contribution in [0.25, 0.3) is 0 Å². The summed E-state index contributed by atoms with van der Waals surface area (Å²) >= 11 is 0. The first-order valence-corrected chi connectivity index (χ1v) is 6.97. The van der Waals surface area contributed by atoms with Gasteiger partial charge in [0.25, 0.3) is 0 Å². The van der Waals surface area contributed by atoms with E-state index in [1.165, 1.54) is 0 Å². The minimum absolute atomic E-state index is 0.0136. The molecule has 0 aromatic rings. The molecule has 20 heavy (non-hydrogen) atoms. The van der Waals surface area contributed by atoms with Gasteiger partial charge in [0.15, 0.2) is 5.84 Å². The number of carbonyl (C=O) groups is 1. The average molecular weight is 287 g/mol. The summed E-state index contributed by atoms with van der Waals surface area (Å²) in [4.78, 5) is 14.6. The summed E-state index contributed by atoms with van der Waals surface area (Å²) in [7, 11) is 0. The van der Waals surface area contributed by atoms with Crippen LogP contribution in [0.3, 0.4) is 0 Å². The summed E-state index contributed by atoms with van der Waals surface area (Å²) in [6.07, 6.45) is 1.32. The maximum absolute atomic E-state index is 12.9. The van der Waals surface area contributed by atoms with Gasteiger partial charge in [-0.1, -0.05) is 5.16 Å². The maximum Gasteiger partial charge on any atom is 0.236 e. The zero-order chi connectivity index (χ0) is 15.2. The number of amides is 1. The molecule has 7 heteroatoms. The van der Waals surface area contributed by atoms with Gasteiger partial charge in [0.2, 0.25) is 5.91 Å². The Bertz CT molecular complexity index is 352. The van der Waals surface area contributed by atoms with E-state index >= 15 is 0 Å². The van der Waals surface area contributed by atoms with Crippen LogP contribution in [-0.2, 0) is 9.53 Å². The molecule has 0 bridgehead atoms. The number of ether oxygens (including phenoxy) is 1. The predicted molar refractivity (Wildman–Crippen MR) is 74.4 cm³/mol. The van der Waals surface area contributed by atoms with Gasteiger partial charge in [0.1, 0.15) is 5.41 Å². The van der Waals surface area contributed by atoms with Crippen LogP contribution >= 0.6 is 0 Å². The summed E-state index contributed by atoms with van der Waals surface area (Å²) in [6.45, 7) is 5.12. The van der Waals surface area contributed by atoms with E-state index in [0.717, 1.165) is 0 Å². The Morgan fingerprint density at radius 3 is 2.50 bits per heavy atom. The van der Waals surface area contributed by atoms with Gasteiger partial charge < -0.3 is 25.7 Å². The van der Waals surface area contributed by atoms with Crippen molar-refractivity contribution >= 4 is 11.7 Å². The van der Waals surface area contributed by atoms with E-state index in [4.69, 9.17) is 20.8 Å². The van der Waals surface area contributed by atoms with E-state index in [-0.39, 0.29) is 24.4 Å². The number of carbonyl (C=O) groups excluding carboxylic acids is 1. The highest BCUT2D eigenvalue weighted by molar-refractivity contribution is 6.06. The lowest BCUT2D eigenvalue weighted by Gasteiger charge is -2.40. The van der Waals surface area contributed by atoms with Crippen molar-refractivity contribution in [1.29, 1.82) is 0 Å². The average Bonchev–Trinajstić information content (AvgIpc) is 2.46. The molecule has 1 aliphatic heterocycles. The van der Waals surface area contributed by atoms with Crippen LogP contribution in [0.15, 0.2) is 5.16 Å². The molecule has 0 atom stereocenters. The zero-order valence-electron chi connectivity index (χ0n) is 12.2. The molecule has 1 amide bonds. The van der Waals surface area contributed by atoms with E-state index in [1.54, 1.807) is 4.90 Å². The van der Waals surface area contributed by atoms with E-state index in [2.05, 4.69) is 5.16 Å². The first kappa shape index (κ1) is 16.7. The van der Waals surface area contributed by atoms with Crippen molar-refractivity contribution in [1.82, 2.24) is 4.90 Å². The van der Waals surface area contributed by atoms with Crippen LogP contribution in [0.5, 0.6) is 0 Å². The number of nitrogens with two attached hydrogens (primary N) is 1. The van der Waals surface area contributed by atoms with E-state index in [0.29, 0.717) is 39.0 Å². The molecule has 1 fully saturated rings. The third kappa shape index (κ3) is 3.40. The zero-order valence-corrected chi connectivity index (χ0v) is 12.2. The second kappa shape index (κ2) is 7.44. The van der Waals surface area contributed by atoms with Gasteiger partial charge in [-0.3, -0.25) is 4.79 Å². The number of aliphatic hydroxyl groups excluding tert-OH is 1. The molecule has 4 N–H and O–H groups in total. The van der Waals surface area contributed by atoms with E-state index in [1.807, 2.05) is 13.8 Å². The standard InChI is InChI=1S/C13H25N3O4/c1-10(2)16(6-3-7-17)12(18)13(11(14)15-19)4-8-20-9-5-13/h10,17,19H,3-9H2,1-2H3,(H2,14,15). The lowest BCUT2D eigenvalue weighted by Crippen LogP contribution is -2.55. The molecule has 0 spiro atoms. The lowest BCUT2D eigenvalue weighted by molar-refractivity contribution is -0.144. The highest BCUT2D eigenvalue weighted by Crippen LogP contribution is 2.33. The molecular formula is C13H25N3O4. The second-order valence-corrected chi connectivity index (χ2v) is 5.35. The fourth-order valence-corrected chi connectivity index (χ4v) is 2.51. The van der Waals surface area contributed by atoms with Crippen molar-refractivity contribution in [2.24, 2.45) is 16.3 Å². The monoisotopic (exact) mass is 287 g/mol. The van der Waals surface area contributed by atoms with Crippen molar-refractivity contribution < 1.29 is 19.8 Å². The molecule has 116 valence electrons. The molecule has 0 radical (unpaired) electrons. The minimum atomic E-state index is -0.993. The molecule has 0 saturated carbocycles. The molecule has 0 unspecified atom stereocenters. The molecule has 1 saturated heterocycles. The fraction of sp³-hybridized carbons (Fsp3) is 0.846. The molecule has 0 aromatic heterocycles. The van der Waals surface area contributed by atoms with Gasteiger partial charge >= 0.3 is 0 Å². The minimum Gasteiger partial charge on any atom is -0.409 e. The summed E-state index contributed by atoms with van der Waals surface area (Å²) < 4.78 is 5.29. The SMILES string of the molecule is CC(C)N(CCCO)C(=O)C1(C(N)=NO)CCOCC1. The lowest BCUT2D eigenvalue weighted by atomic mass is 9.77. The van der Waals surface area contributed by atoms with E-state index in [9.17, 15) is 4.79 Å². The topological polar surface area (TPSA) is 108 Å². The Balaban J connectivity index is 3.01. The van der Waals surface area contributed by atoms with Gasteiger partial charge in [0.05, 0.1) is 0 Å². The summed E-state index contributed by atoms with van der Waals surface area (Å²) in [5.41, 5.74) is 4.80. The third-order valence-electron chi connectivity index (χ3n) is 3.80. The number of aliphatic hydroxyl groups is 1. The number of hydrogen-bond donors (Lipinski definition) is 3. The number of oxime groups is 1. The van der Waals surface area contributed by atoms with Gasteiger partial charge in [-0.15, -0.1) is 0 Å². The Morgan fingerprint density at radius 2 is 2.05 bits per heavy atom. The molecule has 0 aliphatic carbocycles. The van der Waals surface area contributed by atoms with E-state index < -0.39 is 5.41 Å². The normalized spacial score (nSPS) is 19.1. The highest BCUT2D eigenvalue weighted by atomic mass is 16.5. The molecule has 0 aromatic carbocycles. The molecule has 1 aliphatic rings. The maximum atomic E-state index is 12.9. The number of nitrogens with zero attached hydrogens (tertiary/aromatic N) is 2. The molecule has 7 nitrogen and oxygen atoms in total. The van der Waals surface area contributed by atoms with Gasteiger partial charge in [-0.05, 0) is 33.1 Å². The Kier molecular flexibility index (Phi) is 6.22. The van der Waals surface area contributed by atoms with Gasteiger partial charge in [0, 0.05) is 32.4 Å².